The molecule has 1 aliphatic rings. The second-order valence-corrected chi connectivity index (χ2v) is 7.65. The van der Waals surface area contributed by atoms with Crippen molar-refractivity contribution in [2.24, 2.45) is 0 Å². The Bertz CT molecular complexity index is 881. The Hall–Kier alpha value is -2.08. The average molecular weight is 402 g/mol. The summed E-state index contributed by atoms with van der Waals surface area (Å²) in [5.41, 5.74) is 1.80. The van der Waals surface area contributed by atoms with E-state index in [0.29, 0.717) is 33.1 Å². The molecule has 3 rings (SSSR count). The van der Waals surface area contributed by atoms with E-state index in [1.165, 1.54) is 16.7 Å². The summed E-state index contributed by atoms with van der Waals surface area (Å²) in [6.45, 7) is 4.49. The van der Waals surface area contributed by atoms with Crippen LogP contribution in [0.5, 0.6) is 5.75 Å². The summed E-state index contributed by atoms with van der Waals surface area (Å²) in [5.74, 6) is 0.529. The smallest absolute Gasteiger partial charge is 0.266 e. The van der Waals surface area contributed by atoms with Gasteiger partial charge in [-0.1, -0.05) is 72.0 Å². The van der Waals surface area contributed by atoms with Gasteiger partial charge in [-0.25, -0.2) is 0 Å². The van der Waals surface area contributed by atoms with Crippen molar-refractivity contribution in [1.82, 2.24) is 4.90 Å². The lowest BCUT2D eigenvalue weighted by atomic mass is 10.1. The van der Waals surface area contributed by atoms with Crippen molar-refractivity contribution in [3.8, 4) is 5.75 Å². The molecule has 0 N–H and O–H groups in total. The van der Waals surface area contributed by atoms with Crippen molar-refractivity contribution < 1.29 is 9.53 Å². The zero-order chi connectivity index (χ0) is 18.5. The first-order valence-corrected chi connectivity index (χ1v) is 9.51. The quantitative estimate of drug-likeness (QED) is 0.373. The molecular formula is C20H16ClNO2S2. The molecule has 1 amide bonds. The van der Waals surface area contributed by atoms with E-state index in [2.05, 4.69) is 6.58 Å². The normalized spacial score (nSPS) is 15.6. The number of halogens is 1. The molecular weight excluding hydrogens is 386 g/mol. The number of carbonyl (C=O) groups is 1. The Morgan fingerprint density at radius 2 is 2.00 bits per heavy atom. The van der Waals surface area contributed by atoms with Crippen molar-refractivity contribution in [2.75, 3.05) is 6.54 Å². The highest BCUT2D eigenvalue weighted by atomic mass is 35.5. The third-order valence-electron chi connectivity index (χ3n) is 3.68. The van der Waals surface area contributed by atoms with E-state index in [0.717, 1.165) is 11.1 Å². The van der Waals surface area contributed by atoms with Gasteiger partial charge in [-0.15, -0.1) is 6.58 Å². The van der Waals surface area contributed by atoms with Crippen LogP contribution in [0.15, 0.2) is 66.1 Å². The van der Waals surface area contributed by atoms with Crippen LogP contribution in [0.2, 0.25) is 5.02 Å². The molecule has 0 spiro atoms. The minimum absolute atomic E-state index is 0.131. The van der Waals surface area contributed by atoms with E-state index >= 15 is 0 Å². The van der Waals surface area contributed by atoms with Gasteiger partial charge < -0.3 is 4.74 Å². The first-order valence-electron chi connectivity index (χ1n) is 7.91. The molecule has 1 saturated heterocycles. The number of hydrogen-bond donors (Lipinski definition) is 0. The molecule has 2 aromatic rings. The number of thioether (sulfide) groups is 1. The molecule has 1 heterocycles. The fraction of sp³-hybridized carbons (Fsp3) is 0.100. The predicted octanol–water partition coefficient (Wildman–Crippen LogP) is 5.31. The monoisotopic (exact) mass is 401 g/mol. The van der Waals surface area contributed by atoms with Crippen molar-refractivity contribution in [1.29, 1.82) is 0 Å². The van der Waals surface area contributed by atoms with Gasteiger partial charge in [0, 0.05) is 17.1 Å². The highest BCUT2D eigenvalue weighted by Gasteiger charge is 2.31. The Morgan fingerprint density at radius 3 is 2.73 bits per heavy atom. The van der Waals surface area contributed by atoms with Gasteiger partial charge in [-0.05, 0) is 29.8 Å². The van der Waals surface area contributed by atoms with Gasteiger partial charge in [0.1, 0.15) is 16.7 Å². The third kappa shape index (κ3) is 4.36. The Balaban J connectivity index is 1.85. The minimum Gasteiger partial charge on any atom is -0.488 e. The summed E-state index contributed by atoms with van der Waals surface area (Å²) in [5, 5.41) is 0.574. The molecule has 0 unspecified atom stereocenters. The van der Waals surface area contributed by atoms with E-state index in [9.17, 15) is 4.79 Å². The van der Waals surface area contributed by atoms with E-state index in [-0.39, 0.29) is 5.91 Å². The first kappa shape index (κ1) is 18.7. The highest BCUT2D eigenvalue weighted by Crippen LogP contribution is 2.35. The van der Waals surface area contributed by atoms with Crippen molar-refractivity contribution in [3.63, 3.8) is 0 Å². The molecule has 0 bridgehead atoms. The average Bonchev–Trinajstić information content (AvgIpc) is 2.90. The van der Waals surface area contributed by atoms with Gasteiger partial charge in [0.25, 0.3) is 5.91 Å². The van der Waals surface area contributed by atoms with Crippen LogP contribution in [-0.2, 0) is 11.4 Å². The van der Waals surface area contributed by atoms with Crippen LogP contribution < -0.4 is 4.74 Å². The first-order chi connectivity index (χ1) is 12.6. The predicted molar refractivity (Wildman–Crippen MR) is 112 cm³/mol. The number of nitrogens with zero attached hydrogens (tertiary/aromatic N) is 1. The van der Waals surface area contributed by atoms with Gasteiger partial charge >= 0.3 is 0 Å². The molecule has 6 heteroatoms. The summed E-state index contributed by atoms with van der Waals surface area (Å²) < 4.78 is 6.46. The fourth-order valence-electron chi connectivity index (χ4n) is 2.43. The fourth-order valence-corrected chi connectivity index (χ4v) is 3.87. The molecule has 26 heavy (non-hydrogen) atoms. The second kappa shape index (κ2) is 8.54. The zero-order valence-electron chi connectivity index (χ0n) is 13.9. The van der Waals surface area contributed by atoms with Crippen LogP contribution in [0.1, 0.15) is 11.1 Å². The molecule has 0 aromatic heterocycles. The van der Waals surface area contributed by atoms with Crippen molar-refractivity contribution >= 4 is 51.9 Å². The Morgan fingerprint density at radius 1 is 1.23 bits per heavy atom. The molecule has 2 aromatic carbocycles. The Kier molecular flexibility index (Phi) is 6.14. The number of thiocarbonyl (C=S) groups is 1. The number of hydrogen-bond acceptors (Lipinski definition) is 4. The maximum Gasteiger partial charge on any atom is 0.266 e. The topological polar surface area (TPSA) is 29.5 Å². The lowest BCUT2D eigenvalue weighted by molar-refractivity contribution is -0.121. The van der Waals surface area contributed by atoms with Crippen LogP contribution in [0.3, 0.4) is 0 Å². The van der Waals surface area contributed by atoms with Crippen molar-refractivity contribution in [3.05, 3.63) is 82.2 Å². The van der Waals surface area contributed by atoms with Gasteiger partial charge in [0.05, 0.1) is 4.91 Å². The molecule has 3 nitrogen and oxygen atoms in total. The lowest BCUT2D eigenvalue weighted by Crippen LogP contribution is -2.27. The number of rotatable bonds is 6. The van der Waals surface area contributed by atoms with Gasteiger partial charge in [0.15, 0.2) is 0 Å². The summed E-state index contributed by atoms with van der Waals surface area (Å²) in [4.78, 5) is 14.6. The number of ether oxygens (including phenoxy) is 1. The largest absolute Gasteiger partial charge is 0.488 e. The van der Waals surface area contributed by atoms with E-state index in [4.69, 9.17) is 28.6 Å². The van der Waals surface area contributed by atoms with E-state index in [1.807, 2.05) is 36.4 Å². The summed E-state index contributed by atoms with van der Waals surface area (Å²) in [6.07, 6.45) is 3.43. The summed E-state index contributed by atoms with van der Waals surface area (Å²) >= 11 is 12.7. The molecule has 0 radical (unpaired) electrons. The lowest BCUT2D eigenvalue weighted by Gasteiger charge is -2.11. The van der Waals surface area contributed by atoms with Crippen LogP contribution in [0.25, 0.3) is 6.08 Å². The van der Waals surface area contributed by atoms with E-state index < -0.39 is 0 Å². The second-order valence-electron chi connectivity index (χ2n) is 5.54. The van der Waals surface area contributed by atoms with Gasteiger partial charge in [-0.3, -0.25) is 9.69 Å². The van der Waals surface area contributed by atoms with Crippen LogP contribution in [0.4, 0.5) is 0 Å². The van der Waals surface area contributed by atoms with E-state index in [1.54, 1.807) is 24.3 Å². The van der Waals surface area contributed by atoms with Gasteiger partial charge in [0.2, 0.25) is 0 Å². The highest BCUT2D eigenvalue weighted by molar-refractivity contribution is 8.26. The van der Waals surface area contributed by atoms with Crippen LogP contribution >= 0.6 is 35.6 Å². The summed E-state index contributed by atoms with van der Waals surface area (Å²) in [6, 6.07) is 15.2. The molecule has 0 atom stereocenters. The maximum absolute atomic E-state index is 12.5. The van der Waals surface area contributed by atoms with Crippen molar-refractivity contribution in [2.45, 2.75) is 6.61 Å². The number of benzene rings is 2. The molecule has 1 aliphatic heterocycles. The molecule has 1 fully saturated rings. The minimum atomic E-state index is -0.131. The number of carbonyl (C=O) groups excluding carboxylic acids is 1. The zero-order valence-corrected chi connectivity index (χ0v) is 16.2. The standard InChI is InChI=1S/C20H16ClNO2S2/c1-2-10-22-19(23)18(26-20(22)25)12-15-11-16(21)8-9-17(15)24-13-14-6-4-3-5-7-14/h2-9,11-12H,1,10,13H2. The number of amides is 1. The Labute approximate surface area is 167 Å². The SMILES string of the molecule is C=CCN1C(=O)C(=Cc2cc(Cl)ccc2OCc2ccccc2)SC1=S. The van der Waals surface area contributed by atoms with Gasteiger partial charge in [-0.2, -0.15) is 0 Å². The molecule has 132 valence electrons. The van der Waals surface area contributed by atoms with Crippen LogP contribution in [0, 0.1) is 0 Å². The molecule has 0 aliphatic carbocycles. The summed E-state index contributed by atoms with van der Waals surface area (Å²) in [7, 11) is 0. The maximum atomic E-state index is 12.5. The molecule has 0 saturated carbocycles. The third-order valence-corrected chi connectivity index (χ3v) is 5.29. The van der Waals surface area contributed by atoms with Crippen LogP contribution in [-0.4, -0.2) is 21.7 Å².